The van der Waals surface area contributed by atoms with Crippen LogP contribution < -0.4 is 0 Å². The standard InChI is InChI=1S/C10H15NO/c1-3-6-11-7-5-9(8-11)10(12)4-2/h3,5,7-8,10,12H,1,4,6H2,2H3. The van der Waals surface area contributed by atoms with E-state index in [2.05, 4.69) is 6.58 Å². The number of aromatic nitrogens is 1. The van der Waals surface area contributed by atoms with Crippen LogP contribution in [0.3, 0.4) is 0 Å². The van der Waals surface area contributed by atoms with Crippen molar-refractivity contribution in [3.05, 3.63) is 36.7 Å². The summed E-state index contributed by atoms with van der Waals surface area (Å²) in [6, 6.07) is 1.94. The zero-order chi connectivity index (χ0) is 8.97. The summed E-state index contributed by atoms with van der Waals surface area (Å²) in [5.41, 5.74) is 0.986. The molecule has 1 aromatic heterocycles. The Hall–Kier alpha value is -1.02. The third kappa shape index (κ3) is 1.98. The van der Waals surface area contributed by atoms with E-state index in [1.165, 1.54) is 0 Å². The normalized spacial score (nSPS) is 12.8. The SMILES string of the molecule is C=CCn1ccc(C(O)CC)c1. The molecule has 0 spiro atoms. The molecule has 66 valence electrons. The van der Waals surface area contributed by atoms with Gasteiger partial charge in [-0.15, -0.1) is 6.58 Å². The summed E-state index contributed by atoms with van der Waals surface area (Å²) in [6.07, 6.45) is 6.18. The lowest BCUT2D eigenvalue weighted by Gasteiger charge is -2.03. The van der Waals surface area contributed by atoms with Crippen molar-refractivity contribution in [3.8, 4) is 0 Å². The van der Waals surface area contributed by atoms with Crippen molar-refractivity contribution >= 4 is 0 Å². The molecule has 1 heterocycles. The molecule has 1 N–H and O–H groups in total. The van der Waals surface area contributed by atoms with E-state index in [4.69, 9.17) is 0 Å². The van der Waals surface area contributed by atoms with Crippen molar-refractivity contribution in [3.63, 3.8) is 0 Å². The molecule has 0 aromatic carbocycles. The fourth-order valence-corrected chi connectivity index (χ4v) is 1.15. The van der Waals surface area contributed by atoms with Crippen molar-refractivity contribution in [1.82, 2.24) is 4.57 Å². The lowest BCUT2D eigenvalue weighted by atomic mass is 10.1. The molecule has 1 unspecified atom stereocenters. The van der Waals surface area contributed by atoms with Crippen LogP contribution in [0.25, 0.3) is 0 Å². The van der Waals surface area contributed by atoms with Gasteiger partial charge in [0.05, 0.1) is 6.10 Å². The molecular weight excluding hydrogens is 150 g/mol. The van der Waals surface area contributed by atoms with Crippen molar-refractivity contribution in [2.24, 2.45) is 0 Å². The maximum atomic E-state index is 9.47. The van der Waals surface area contributed by atoms with E-state index in [1.807, 2.05) is 36.0 Å². The van der Waals surface area contributed by atoms with Gasteiger partial charge in [-0.2, -0.15) is 0 Å². The maximum Gasteiger partial charge on any atom is 0.0802 e. The third-order valence-corrected chi connectivity index (χ3v) is 1.88. The fraction of sp³-hybridized carbons (Fsp3) is 0.400. The lowest BCUT2D eigenvalue weighted by Crippen LogP contribution is -1.94. The van der Waals surface area contributed by atoms with E-state index in [-0.39, 0.29) is 6.10 Å². The average Bonchev–Trinajstić information content (AvgIpc) is 2.52. The zero-order valence-corrected chi connectivity index (χ0v) is 7.40. The van der Waals surface area contributed by atoms with Gasteiger partial charge < -0.3 is 9.67 Å². The molecule has 0 saturated heterocycles. The van der Waals surface area contributed by atoms with E-state index in [0.29, 0.717) is 0 Å². The molecule has 0 aliphatic heterocycles. The molecule has 0 radical (unpaired) electrons. The van der Waals surface area contributed by atoms with Crippen LogP contribution in [-0.2, 0) is 6.54 Å². The number of hydrogen-bond acceptors (Lipinski definition) is 1. The molecule has 1 atom stereocenters. The van der Waals surface area contributed by atoms with Crippen molar-refractivity contribution < 1.29 is 5.11 Å². The van der Waals surface area contributed by atoms with Gasteiger partial charge in [-0.05, 0) is 18.1 Å². The Labute approximate surface area is 73.1 Å². The van der Waals surface area contributed by atoms with Gasteiger partial charge in [-0.3, -0.25) is 0 Å². The molecule has 12 heavy (non-hydrogen) atoms. The number of aliphatic hydroxyl groups is 1. The Kier molecular flexibility index (Phi) is 3.11. The quantitative estimate of drug-likeness (QED) is 0.679. The summed E-state index contributed by atoms with van der Waals surface area (Å²) in [5, 5.41) is 9.47. The topological polar surface area (TPSA) is 25.2 Å². The first-order valence-corrected chi connectivity index (χ1v) is 4.22. The lowest BCUT2D eigenvalue weighted by molar-refractivity contribution is 0.173. The maximum absolute atomic E-state index is 9.47. The number of rotatable bonds is 4. The molecule has 0 amide bonds. The van der Waals surface area contributed by atoms with Gasteiger partial charge in [0.2, 0.25) is 0 Å². The van der Waals surface area contributed by atoms with E-state index >= 15 is 0 Å². The molecule has 2 heteroatoms. The van der Waals surface area contributed by atoms with E-state index in [9.17, 15) is 5.11 Å². The first-order chi connectivity index (χ1) is 5.77. The molecule has 2 nitrogen and oxygen atoms in total. The molecule has 1 rings (SSSR count). The number of nitrogens with zero attached hydrogens (tertiary/aromatic N) is 1. The van der Waals surface area contributed by atoms with Crippen LogP contribution in [0, 0.1) is 0 Å². The highest BCUT2D eigenvalue weighted by Gasteiger charge is 2.04. The zero-order valence-electron chi connectivity index (χ0n) is 7.40. The predicted molar refractivity (Wildman–Crippen MR) is 49.9 cm³/mol. The van der Waals surface area contributed by atoms with Crippen LogP contribution >= 0.6 is 0 Å². The molecule has 1 aromatic rings. The second-order valence-corrected chi connectivity index (χ2v) is 2.85. The van der Waals surface area contributed by atoms with E-state index < -0.39 is 0 Å². The van der Waals surface area contributed by atoms with Gasteiger partial charge >= 0.3 is 0 Å². The molecular formula is C10H15NO. The van der Waals surface area contributed by atoms with Gasteiger partial charge in [0.15, 0.2) is 0 Å². The highest BCUT2D eigenvalue weighted by molar-refractivity contribution is 5.13. The number of allylic oxidation sites excluding steroid dienone is 1. The predicted octanol–water partition coefficient (Wildman–Crippen LogP) is 2.12. The van der Waals surface area contributed by atoms with Gasteiger partial charge in [-0.25, -0.2) is 0 Å². The Morgan fingerprint density at radius 1 is 1.75 bits per heavy atom. The molecule has 0 aliphatic carbocycles. The van der Waals surface area contributed by atoms with Crippen LogP contribution in [0.2, 0.25) is 0 Å². The summed E-state index contributed by atoms with van der Waals surface area (Å²) in [5.74, 6) is 0. The van der Waals surface area contributed by atoms with Gasteiger partial charge in [-0.1, -0.05) is 13.0 Å². The third-order valence-electron chi connectivity index (χ3n) is 1.88. The van der Waals surface area contributed by atoms with Gasteiger partial charge in [0.1, 0.15) is 0 Å². The van der Waals surface area contributed by atoms with Gasteiger partial charge in [0, 0.05) is 18.9 Å². The second kappa shape index (κ2) is 4.12. The Morgan fingerprint density at radius 2 is 2.50 bits per heavy atom. The van der Waals surface area contributed by atoms with Crippen LogP contribution in [0.15, 0.2) is 31.1 Å². The Balaban J connectivity index is 2.69. The molecule has 0 saturated carbocycles. The van der Waals surface area contributed by atoms with Gasteiger partial charge in [0.25, 0.3) is 0 Å². The molecule has 0 bridgehead atoms. The first kappa shape index (κ1) is 9.07. The van der Waals surface area contributed by atoms with Crippen molar-refractivity contribution in [2.75, 3.05) is 0 Å². The Bertz CT molecular complexity index is 252. The molecule has 0 aliphatic rings. The summed E-state index contributed by atoms with van der Waals surface area (Å²) >= 11 is 0. The summed E-state index contributed by atoms with van der Waals surface area (Å²) in [6.45, 7) is 6.42. The monoisotopic (exact) mass is 165 g/mol. The highest BCUT2D eigenvalue weighted by atomic mass is 16.3. The first-order valence-electron chi connectivity index (χ1n) is 4.22. The average molecular weight is 165 g/mol. The van der Waals surface area contributed by atoms with Crippen LogP contribution in [-0.4, -0.2) is 9.67 Å². The minimum absolute atomic E-state index is 0.323. The van der Waals surface area contributed by atoms with E-state index in [1.54, 1.807) is 0 Å². The largest absolute Gasteiger partial charge is 0.388 e. The summed E-state index contributed by atoms with van der Waals surface area (Å²) in [4.78, 5) is 0. The van der Waals surface area contributed by atoms with Crippen LogP contribution in [0.4, 0.5) is 0 Å². The summed E-state index contributed by atoms with van der Waals surface area (Å²) < 4.78 is 2.00. The van der Waals surface area contributed by atoms with Crippen LogP contribution in [0.1, 0.15) is 25.0 Å². The minimum atomic E-state index is -0.323. The molecule has 0 fully saturated rings. The smallest absolute Gasteiger partial charge is 0.0802 e. The van der Waals surface area contributed by atoms with Crippen molar-refractivity contribution in [2.45, 2.75) is 26.0 Å². The minimum Gasteiger partial charge on any atom is -0.388 e. The van der Waals surface area contributed by atoms with Crippen LogP contribution in [0.5, 0.6) is 0 Å². The Morgan fingerprint density at radius 3 is 3.08 bits per heavy atom. The summed E-state index contributed by atoms with van der Waals surface area (Å²) in [7, 11) is 0. The number of hydrogen-bond donors (Lipinski definition) is 1. The second-order valence-electron chi connectivity index (χ2n) is 2.85. The van der Waals surface area contributed by atoms with Crippen molar-refractivity contribution in [1.29, 1.82) is 0 Å². The van der Waals surface area contributed by atoms with E-state index in [0.717, 1.165) is 18.5 Å². The number of aliphatic hydroxyl groups excluding tert-OH is 1. The fourth-order valence-electron chi connectivity index (χ4n) is 1.15. The highest BCUT2D eigenvalue weighted by Crippen LogP contribution is 2.15.